The SMILES string of the molecule is Fc1cccc(Cl)c1CN1CCN2[C@@H](COC[C@@H]2c2ccccc2)C1. The van der Waals surface area contributed by atoms with E-state index in [0.717, 1.165) is 32.8 Å². The van der Waals surface area contributed by atoms with Crippen molar-refractivity contribution in [3.8, 4) is 0 Å². The molecule has 0 spiro atoms. The highest BCUT2D eigenvalue weighted by molar-refractivity contribution is 6.31. The van der Waals surface area contributed by atoms with Crippen molar-refractivity contribution in [2.75, 3.05) is 32.8 Å². The van der Waals surface area contributed by atoms with Crippen LogP contribution in [0, 0.1) is 5.82 Å². The highest BCUT2D eigenvalue weighted by Crippen LogP contribution is 2.30. The van der Waals surface area contributed by atoms with Crippen molar-refractivity contribution >= 4 is 11.6 Å². The number of hydrogen-bond acceptors (Lipinski definition) is 3. The maximum atomic E-state index is 14.1. The topological polar surface area (TPSA) is 15.7 Å². The lowest BCUT2D eigenvalue weighted by Gasteiger charge is -2.48. The molecule has 2 aromatic carbocycles. The van der Waals surface area contributed by atoms with Gasteiger partial charge in [-0.1, -0.05) is 48.0 Å². The van der Waals surface area contributed by atoms with E-state index < -0.39 is 0 Å². The number of rotatable bonds is 3. The van der Waals surface area contributed by atoms with Gasteiger partial charge in [-0.3, -0.25) is 9.80 Å². The standard InChI is InChI=1S/C20H22ClFN2O/c21-18-7-4-8-19(22)17(18)12-23-9-10-24-16(11-23)13-25-14-20(24)15-5-2-1-3-6-15/h1-8,16,20H,9-14H2/t16-,20-/m1/s1. The predicted molar refractivity (Wildman–Crippen MR) is 97.2 cm³/mol. The van der Waals surface area contributed by atoms with Crippen molar-refractivity contribution < 1.29 is 9.13 Å². The normalized spacial score (nSPS) is 24.9. The Morgan fingerprint density at radius 3 is 2.68 bits per heavy atom. The van der Waals surface area contributed by atoms with Crippen LogP contribution in [0.25, 0.3) is 0 Å². The fourth-order valence-corrected chi connectivity index (χ4v) is 4.14. The first-order chi connectivity index (χ1) is 12.2. The minimum absolute atomic E-state index is 0.225. The molecule has 0 radical (unpaired) electrons. The van der Waals surface area contributed by atoms with E-state index in [1.54, 1.807) is 12.1 Å². The first kappa shape index (κ1) is 17.0. The molecule has 0 amide bonds. The van der Waals surface area contributed by atoms with Crippen LogP contribution < -0.4 is 0 Å². The van der Waals surface area contributed by atoms with Gasteiger partial charge in [0.1, 0.15) is 5.82 Å². The van der Waals surface area contributed by atoms with Crippen molar-refractivity contribution in [1.29, 1.82) is 0 Å². The summed E-state index contributed by atoms with van der Waals surface area (Å²) in [6.45, 7) is 4.74. The van der Waals surface area contributed by atoms with Crippen LogP contribution in [-0.2, 0) is 11.3 Å². The summed E-state index contributed by atoms with van der Waals surface area (Å²) in [7, 11) is 0. The molecule has 4 rings (SSSR count). The lowest BCUT2D eigenvalue weighted by Crippen LogP contribution is -2.58. The summed E-state index contributed by atoms with van der Waals surface area (Å²) >= 11 is 6.19. The summed E-state index contributed by atoms with van der Waals surface area (Å²) < 4.78 is 20.0. The van der Waals surface area contributed by atoms with Crippen molar-refractivity contribution in [2.45, 2.75) is 18.6 Å². The maximum Gasteiger partial charge on any atom is 0.129 e. The number of hydrogen-bond donors (Lipinski definition) is 0. The van der Waals surface area contributed by atoms with E-state index in [4.69, 9.17) is 16.3 Å². The zero-order chi connectivity index (χ0) is 17.2. The van der Waals surface area contributed by atoms with E-state index in [-0.39, 0.29) is 5.82 Å². The van der Waals surface area contributed by atoms with Crippen molar-refractivity contribution in [3.63, 3.8) is 0 Å². The molecule has 2 saturated heterocycles. The Morgan fingerprint density at radius 2 is 1.88 bits per heavy atom. The molecule has 2 heterocycles. The van der Waals surface area contributed by atoms with Crippen LogP contribution in [0.5, 0.6) is 0 Å². The summed E-state index contributed by atoms with van der Waals surface area (Å²) in [4.78, 5) is 4.82. The Bertz CT molecular complexity index is 707. The van der Waals surface area contributed by atoms with Crippen LogP contribution in [0.3, 0.4) is 0 Å². The van der Waals surface area contributed by atoms with Gasteiger partial charge < -0.3 is 4.74 Å². The molecule has 3 nitrogen and oxygen atoms in total. The quantitative estimate of drug-likeness (QED) is 0.829. The Balaban J connectivity index is 1.47. The minimum atomic E-state index is -0.225. The monoisotopic (exact) mass is 360 g/mol. The van der Waals surface area contributed by atoms with E-state index in [2.05, 4.69) is 34.1 Å². The Hall–Kier alpha value is -1.46. The van der Waals surface area contributed by atoms with E-state index in [1.807, 2.05) is 6.07 Å². The molecule has 0 aromatic heterocycles. The zero-order valence-corrected chi connectivity index (χ0v) is 14.8. The highest BCUT2D eigenvalue weighted by atomic mass is 35.5. The van der Waals surface area contributed by atoms with Gasteiger partial charge in [-0.15, -0.1) is 0 Å². The largest absolute Gasteiger partial charge is 0.378 e. The average Bonchev–Trinajstić information content (AvgIpc) is 2.65. The Labute approximate surface area is 152 Å². The summed E-state index contributed by atoms with van der Waals surface area (Å²) in [6.07, 6.45) is 0. The average molecular weight is 361 g/mol. The van der Waals surface area contributed by atoms with Gasteiger partial charge in [0.05, 0.1) is 19.3 Å². The van der Waals surface area contributed by atoms with Gasteiger partial charge >= 0.3 is 0 Å². The van der Waals surface area contributed by atoms with Gasteiger partial charge in [0.15, 0.2) is 0 Å². The molecule has 25 heavy (non-hydrogen) atoms. The van der Waals surface area contributed by atoms with E-state index >= 15 is 0 Å². The van der Waals surface area contributed by atoms with Crippen LogP contribution in [0.2, 0.25) is 5.02 Å². The molecule has 2 aliphatic heterocycles. The van der Waals surface area contributed by atoms with Gasteiger partial charge in [0.25, 0.3) is 0 Å². The minimum Gasteiger partial charge on any atom is -0.378 e. The van der Waals surface area contributed by atoms with Crippen molar-refractivity contribution in [1.82, 2.24) is 9.80 Å². The van der Waals surface area contributed by atoms with Crippen LogP contribution in [0.15, 0.2) is 48.5 Å². The number of halogens is 2. The van der Waals surface area contributed by atoms with Crippen LogP contribution in [0.4, 0.5) is 4.39 Å². The van der Waals surface area contributed by atoms with E-state index in [1.165, 1.54) is 11.6 Å². The molecule has 0 unspecified atom stereocenters. The molecule has 2 fully saturated rings. The molecule has 0 N–H and O–H groups in total. The molecule has 2 atom stereocenters. The van der Waals surface area contributed by atoms with Crippen LogP contribution in [-0.4, -0.2) is 48.7 Å². The number of piperazine rings is 1. The number of nitrogens with zero attached hydrogens (tertiary/aromatic N) is 2. The second kappa shape index (κ2) is 7.42. The smallest absolute Gasteiger partial charge is 0.129 e. The number of benzene rings is 2. The van der Waals surface area contributed by atoms with E-state index in [9.17, 15) is 4.39 Å². The molecule has 0 saturated carbocycles. The molecule has 0 bridgehead atoms. The summed E-state index contributed by atoms with van der Waals surface area (Å²) in [5.41, 5.74) is 1.90. The molecule has 2 aliphatic rings. The predicted octanol–water partition coefficient (Wildman–Crippen LogP) is 3.74. The second-order valence-corrected chi connectivity index (χ2v) is 7.20. The Morgan fingerprint density at radius 1 is 1.04 bits per heavy atom. The van der Waals surface area contributed by atoms with Gasteiger partial charge in [-0.25, -0.2) is 4.39 Å². The third-order valence-corrected chi connectivity index (χ3v) is 5.58. The van der Waals surface area contributed by atoms with Gasteiger partial charge in [-0.2, -0.15) is 0 Å². The highest BCUT2D eigenvalue weighted by Gasteiger charge is 2.36. The lowest BCUT2D eigenvalue weighted by atomic mass is 10.00. The first-order valence-corrected chi connectivity index (χ1v) is 9.14. The number of morpholine rings is 1. The number of ether oxygens (including phenoxy) is 1. The van der Waals surface area contributed by atoms with Gasteiger partial charge in [0.2, 0.25) is 0 Å². The van der Waals surface area contributed by atoms with Crippen LogP contribution >= 0.6 is 11.6 Å². The summed E-state index contributed by atoms with van der Waals surface area (Å²) in [5.74, 6) is -0.225. The Kier molecular flexibility index (Phi) is 5.04. The van der Waals surface area contributed by atoms with Crippen LogP contribution in [0.1, 0.15) is 17.2 Å². The fraction of sp³-hybridized carbons (Fsp3) is 0.400. The summed E-state index contributed by atoms with van der Waals surface area (Å²) in [6, 6.07) is 16.1. The maximum absolute atomic E-state index is 14.1. The first-order valence-electron chi connectivity index (χ1n) is 8.76. The van der Waals surface area contributed by atoms with Crippen molar-refractivity contribution in [2.24, 2.45) is 0 Å². The van der Waals surface area contributed by atoms with Gasteiger partial charge in [-0.05, 0) is 17.7 Å². The second-order valence-electron chi connectivity index (χ2n) is 6.79. The molecular weight excluding hydrogens is 339 g/mol. The molecule has 0 aliphatic carbocycles. The van der Waals surface area contributed by atoms with E-state index in [0.29, 0.717) is 29.2 Å². The fourth-order valence-electron chi connectivity index (χ4n) is 3.92. The van der Waals surface area contributed by atoms with Crippen molar-refractivity contribution in [3.05, 3.63) is 70.5 Å². The summed E-state index contributed by atoms with van der Waals surface area (Å²) in [5, 5.41) is 0.504. The third kappa shape index (κ3) is 3.58. The molecule has 132 valence electrons. The lowest BCUT2D eigenvalue weighted by molar-refractivity contribution is -0.0836. The molecular formula is C20H22ClFN2O. The zero-order valence-electron chi connectivity index (χ0n) is 14.1. The number of fused-ring (bicyclic) bond motifs is 1. The third-order valence-electron chi connectivity index (χ3n) is 5.23. The molecule has 2 aromatic rings. The molecule has 5 heteroatoms. The van der Waals surface area contributed by atoms with Gasteiger partial charge in [0, 0.05) is 42.8 Å².